The van der Waals surface area contributed by atoms with Crippen LogP contribution in [0.3, 0.4) is 0 Å². The van der Waals surface area contributed by atoms with Gasteiger partial charge < -0.3 is 10.6 Å². The van der Waals surface area contributed by atoms with Crippen molar-refractivity contribution in [3.63, 3.8) is 0 Å². The molecule has 0 aromatic carbocycles. The molecule has 0 unspecified atom stereocenters. The van der Waals surface area contributed by atoms with Crippen LogP contribution in [0.15, 0.2) is 37.5 Å². The third-order valence-electron chi connectivity index (χ3n) is 10.2. The molecule has 50 heavy (non-hydrogen) atoms. The molecule has 0 saturated heterocycles. The fourth-order valence-electron chi connectivity index (χ4n) is 6.85. The van der Waals surface area contributed by atoms with Gasteiger partial charge in [0.05, 0.1) is 0 Å². The van der Waals surface area contributed by atoms with Crippen molar-refractivity contribution < 1.29 is 4.79 Å². The van der Waals surface area contributed by atoms with E-state index in [0.717, 1.165) is 25.9 Å². The lowest BCUT2D eigenvalue weighted by Gasteiger charge is -2.20. The molecular weight excluding hydrogens is 609 g/mol. The summed E-state index contributed by atoms with van der Waals surface area (Å²) < 4.78 is 0. The summed E-state index contributed by atoms with van der Waals surface area (Å²) in [6.45, 7) is 12.3. The van der Waals surface area contributed by atoms with E-state index >= 15 is 0 Å². The second kappa shape index (κ2) is 47.5. The van der Waals surface area contributed by atoms with Gasteiger partial charge >= 0.3 is 6.03 Å². The Morgan fingerprint density at radius 3 is 0.800 bits per heavy atom. The van der Waals surface area contributed by atoms with Crippen molar-refractivity contribution in [2.24, 2.45) is 5.73 Å². The summed E-state index contributed by atoms with van der Waals surface area (Å²) in [5.41, 5.74) is 5.69. The predicted molar refractivity (Wildman–Crippen MR) is 228 cm³/mol. The van der Waals surface area contributed by atoms with Crippen molar-refractivity contribution in [2.45, 2.75) is 245 Å². The van der Waals surface area contributed by atoms with Gasteiger partial charge in [0.25, 0.3) is 0 Å². The number of allylic oxidation sites excluding steroid dienone is 4. The molecule has 0 fully saturated rings. The zero-order valence-electron chi connectivity index (χ0n) is 34.5. The first kappa shape index (κ1) is 50.6. The quantitative estimate of drug-likeness (QED) is 0.0502. The van der Waals surface area contributed by atoms with Crippen LogP contribution in [-0.4, -0.2) is 24.0 Å². The molecule has 296 valence electrons. The van der Waals surface area contributed by atoms with Crippen LogP contribution in [0.5, 0.6) is 0 Å². The zero-order chi connectivity index (χ0) is 36.9. The minimum absolute atomic E-state index is 0.225. The number of unbranched alkanes of at least 4 members (excludes halogenated alkanes) is 32. The van der Waals surface area contributed by atoms with Gasteiger partial charge in [-0.3, -0.25) is 0 Å². The summed E-state index contributed by atoms with van der Waals surface area (Å²) in [4.78, 5) is 13.8. The SMILES string of the molecule is C=C.CCCCCCCC/C=C\CCCCCCCCCCCCN(CCCCCCCCCCCC/C=C\CCCCCCCC)C(N)=O. The molecule has 2 N–H and O–H groups in total. The molecule has 0 spiro atoms. The number of carbonyl (C=O) groups excluding carboxylic acids is 1. The molecule has 0 atom stereocenters. The van der Waals surface area contributed by atoms with Gasteiger partial charge in [0.2, 0.25) is 0 Å². The molecule has 3 heteroatoms. The molecular formula is C47H92N2O. The summed E-state index contributed by atoms with van der Waals surface area (Å²) in [7, 11) is 0. The Labute approximate surface area is 316 Å². The Hall–Kier alpha value is -1.51. The van der Waals surface area contributed by atoms with E-state index in [0.29, 0.717) is 0 Å². The van der Waals surface area contributed by atoms with Crippen molar-refractivity contribution in [1.82, 2.24) is 4.90 Å². The van der Waals surface area contributed by atoms with Gasteiger partial charge in [-0.15, -0.1) is 13.2 Å². The molecule has 2 amide bonds. The average molecular weight is 701 g/mol. The maximum Gasteiger partial charge on any atom is 0.314 e. The summed E-state index contributed by atoms with van der Waals surface area (Å²) in [6, 6.07) is -0.225. The molecule has 0 aliphatic carbocycles. The largest absolute Gasteiger partial charge is 0.351 e. The van der Waals surface area contributed by atoms with E-state index in [4.69, 9.17) is 5.73 Å². The Bertz CT molecular complexity index is 637. The number of rotatable bonds is 40. The van der Waals surface area contributed by atoms with Crippen LogP contribution in [0, 0.1) is 0 Å². The van der Waals surface area contributed by atoms with Gasteiger partial charge in [-0.05, 0) is 64.2 Å². The Kier molecular flexibility index (Phi) is 48.1. The number of amides is 2. The normalized spacial score (nSPS) is 11.4. The van der Waals surface area contributed by atoms with Crippen LogP contribution in [-0.2, 0) is 0 Å². The predicted octanol–water partition coefficient (Wildman–Crippen LogP) is 16.4. The van der Waals surface area contributed by atoms with Gasteiger partial charge in [-0.25, -0.2) is 4.79 Å². The standard InChI is InChI=1S/C45H88N2O.C2H4/c1-3-5-7-9-11-13-15-17-19-21-23-25-27-29-31-33-35-37-39-41-43-47(45(46)48)44-42-40-38-36-34-32-30-28-26-24-22-20-18-16-14-12-10-8-6-4-2;1-2/h17-20H,3-16,21-44H2,1-2H3,(H2,46,48);1-2H2/b19-17-,20-18-;. The third kappa shape index (κ3) is 44.5. The number of nitrogens with two attached hydrogens (primary N) is 1. The molecule has 0 aliphatic rings. The number of nitrogens with zero attached hydrogens (tertiary/aromatic N) is 1. The number of hydrogen-bond acceptors (Lipinski definition) is 1. The highest BCUT2D eigenvalue weighted by Crippen LogP contribution is 2.15. The lowest BCUT2D eigenvalue weighted by atomic mass is 10.0. The van der Waals surface area contributed by atoms with Gasteiger partial charge in [0.1, 0.15) is 0 Å². The van der Waals surface area contributed by atoms with Gasteiger partial charge in [-0.2, -0.15) is 0 Å². The van der Waals surface area contributed by atoms with E-state index in [2.05, 4.69) is 51.3 Å². The molecule has 0 saturated carbocycles. The molecule has 3 nitrogen and oxygen atoms in total. The van der Waals surface area contributed by atoms with Crippen LogP contribution >= 0.6 is 0 Å². The van der Waals surface area contributed by atoms with Crippen molar-refractivity contribution in [1.29, 1.82) is 0 Å². The molecule has 0 radical (unpaired) electrons. The van der Waals surface area contributed by atoms with Crippen LogP contribution in [0.25, 0.3) is 0 Å². The Morgan fingerprint density at radius 2 is 0.580 bits per heavy atom. The molecule has 0 rings (SSSR count). The van der Waals surface area contributed by atoms with E-state index in [-0.39, 0.29) is 6.03 Å². The average Bonchev–Trinajstić information content (AvgIpc) is 3.13. The lowest BCUT2D eigenvalue weighted by Crippen LogP contribution is -2.37. The second-order valence-corrected chi connectivity index (χ2v) is 15.0. The minimum atomic E-state index is -0.225. The summed E-state index contributed by atoms with van der Waals surface area (Å²) in [5, 5.41) is 0. The first-order valence-corrected chi connectivity index (χ1v) is 22.6. The van der Waals surface area contributed by atoms with Gasteiger partial charge in [0, 0.05) is 13.1 Å². The van der Waals surface area contributed by atoms with Crippen molar-refractivity contribution >= 4 is 6.03 Å². The van der Waals surface area contributed by atoms with Crippen molar-refractivity contribution in [3.05, 3.63) is 37.5 Å². The third-order valence-corrected chi connectivity index (χ3v) is 10.2. The molecule has 0 aliphatic heterocycles. The Morgan fingerprint density at radius 1 is 0.380 bits per heavy atom. The molecule has 0 bridgehead atoms. The van der Waals surface area contributed by atoms with Crippen molar-refractivity contribution in [3.8, 4) is 0 Å². The molecule has 0 heterocycles. The Balaban J connectivity index is 0. The van der Waals surface area contributed by atoms with Crippen LogP contribution in [0.2, 0.25) is 0 Å². The van der Waals surface area contributed by atoms with Crippen molar-refractivity contribution in [2.75, 3.05) is 13.1 Å². The maximum atomic E-state index is 11.9. The van der Waals surface area contributed by atoms with Gasteiger partial charge in [-0.1, -0.05) is 205 Å². The molecule has 0 aromatic heterocycles. The number of hydrogen-bond donors (Lipinski definition) is 1. The van der Waals surface area contributed by atoms with E-state index in [1.807, 2.05) is 4.90 Å². The van der Waals surface area contributed by atoms with Crippen LogP contribution in [0.4, 0.5) is 4.79 Å². The first-order valence-electron chi connectivity index (χ1n) is 22.6. The van der Waals surface area contributed by atoms with Crippen LogP contribution in [0.1, 0.15) is 245 Å². The second-order valence-electron chi connectivity index (χ2n) is 15.0. The number of carbonyl (C=O) groups is 1. The summed E-state index contributed by atoms with van der Waals surface area (Å²) in [6.07, 6.45) is 58.1. The fourth-order valence-corrected chi connectivity index (χ4v) is 6.85. The highest BCUT2D eigenvalue weighted by Gasteiger charge is 2.08. The smallest absolute Gasteiger partial charge is 0.314 e. The lowest BCUT2D eigenvalue weighted by molar-refractivity contribution is 0.204. The van der Waals surface area contributed by atoms with E-state index in [1.54, 1.807) is 0 Å². The van der Waals surface area contributed by atoms with E-state index < -0.39 is 0 Å². The van der Waals surface area contributed by atoms with E-state index in [1.165, 1.54) is 218 Å². The highest BCUT2D eigenvalue weighted by atomic mass is 16.2. The number of urea groups is 1. The van der Waals surface area contributed by atoms with Gasteiger partial charge in [0.15, 0.2) is 0 Å². The highest BCUT2D eigenvalue weighted by molar-refractivity contribution is 5.71. The minimum Gasteiger partial charge on any atom is -0.351 e. The fraction of sp³-hybridized carbons (Fsp3) is 0.851. The molecule has 0 aromatic rings. The first-order chi connectivity index (χ1) is 24.7. The van der Waals surface area contributed by atoms with Crippen LogP contribution < -0.4 is 5.73 Å². The van der Waals surface area contributed by atoms with E-state index in [9.17, 15) is 4.79 Å². The monoisotopic (exact) mass is 701 g/mol. The summed E-state index contributed by atoms with van der Waals surface area (Å²) >= 11 is 0. The number of primary amides is 1. The summed E-state index contributed by atoms with van der Waals surface area (Å²) in [5.74, 6) is 0. The maximum absolute atomic E-state index is 11.9. The topological polar surface area (TPSA) is 46.3 Å². The zero-order valence-corrected chi connectivity index (χ0v) is 34.5.